The lowest BCUT2D eigenvalue weighted by molar-refractivity contribution is -0.135. The summed E-state index contributed by atoms with van der Waals surface area (Å²) in [6, 6.07) is 6.59. The van der Waals surface area contributed by atoms with E-state index in [2.05, 4.69) is 15.9 Å². The molecule has 0 aliphatic rings. The molecule has 43 heavy (non-hydrogen) atoms. The number of hydrogen-bond acceptors (Lipinski definition) is 6. The number of carboxylic acid groups (broad SMARTS) is 1. The average molecular weight is 584 g/mol. The highest BCUT2D eigenvalue weighted by Gasteiger charge is 2.29. The first-order chi connectivity index (χ1) is 20.4. The molecule has 1 heterocycles. The SMILES string of the molecule is C#C/C=C\C(=C/C)c1cnc(C(C)N(Cc2ccc(OC)c(C(=O)O)c2)C(=O)C(N)Cc2c(C)cc(C(N)=O)cc2C)[nH]1. The van der Waals surface area contributed by atoms with Crippen LogP contribution in [-0.4, -0.2) is 50.9 Å². The second-order valence-electron chi connectivity index (χ2n) is 10.2. The summed E-state index contributed by atoms with van der Waals surface area (Å²) in [6.45, 7) is 7.43. The Balaban J connectivity index is 2.01. The molecule has 0 saturated carbocycles. The predicted molar refractivity (Wildman–Crippen MR) is 165 cm³/mol. The lowest BCUT2D eigenvalue weighted by Gasteiger charge is -2.31. The molecular weight excluding hydrogens is 546 g/mol. The number of terminal acetylenes is 1. The van der Waals surface area contributed by atoms with E-state index in [0.717, 1.165) is 22.3 Å². The second kappa shape index (κ2) is 14.2. The number of nitrogens with one attached hydrogen (secondary N) is 1. The molecule has 0 spiro atoms. The van der Waals surface area contributed by atoms with Gasteiger partial charge in [-0.3, -0.25) is 9.59 Å². The fraction of sp³-hybridized carbons (Fsp3) is 0.273. The topological polar surface area (TPSA) is 165 Å². The van der Waals surface area contributed by atoms with Gasteiger partial charge in [-0.1, -0.05) is 18.1 Å². The maximum Gasteiger partial charge on any atom is 0.339 e. The Bertz CT molecular complexity index is 1610. The Morgan fingerprint density at radius 2 is 1.88 bits per heavy atom. The zero-order chi connectivity index (χ0) is 31.8. The molecule has 2 atom stereocenters. The van der Waals surface area contributed by atoms with Crippen LogP contribution in [0.2, 0.25) is 0 Å². The van der Waals surface area contributed by atoms with Crippen molar-refractivity contribution in [3.05, 3.63) is 99.7 Å². The molecule has 0 aliphatic heterocycles. The minimum atomic E-state index is -1.15. The number of imidazole rings is 1. The van der Waals surface area contributed by atoms with Gasteiger partial charge < -0.3 is 31.2 Å². The predicted octanol–water partition coefficient (Wildman–Crippen LogP) is 4.08. The van der Waals surface area contributed by atoms with Crippen LogP contribution < -0.4 is 16.2 Å². The largest absolute Gasteiger partial charge is 0.496 e. The maximum absolute atomic E-state index is 14.0. The number of rotatable bonds is 12. The Morgan fingerprint density at radius 3 is 2.44 bits per heavy atom. The van der Waals surface area contributed by atoms with Crippen LogP contribution in [0.5, 0.6) is 5.75 Å². The number of aromatic amines is 1. The van der Waals surface area contributed by atoms with Crippen molar-refractivity contribution in [1.29, 1.82) is 0 Å². The number of carboxylic acids is 1. The number of aromatic carboxylic acids is 1. The van der Waals surface area contributed by atoms with Crippen LogP contribution in [-0.2, 0) is 17.8 Å². The smallest absolute Gasteiger partial charge is 0.339 e. The van der Waals surface area contributed by atoms with Crippen LogP contribution in [0.3, 0.4) is 0 Å². The Morgan fingerprint density at radius 1 is 1.21 bits per heavy atom. The summed E-state index contributed by atoms with van der Waals surface area (Å²) >= 11 is 0. The van der Waals surface area contributed by atoms with E-state index in [9.17, 15) is 19.5 Å². The van der Waals surface area contributed by atoms with Gasteiger partial charge in [-0.25, -0.2) is 9.78 Å². The van der Waals surface area contributed by atoms with Crippen LogP contribution in [0.1, 0.15) is 74.4 Å². The summed E-state index contributed by atoms with van der Waals surface area (Å²) in [5.74, 6) is 1.13. The van der Waals surface area contributed by atoms with E-state index in [1.807, 2.05) is 33.8 Å². The highest BCUT2D eigenvalue weighted by atomic mass is 16.5. The van der Waals surface area contributed by atoms with Gasteiger partial charge in [0.05, 0.1) is 31.1 Å². The van der Waals surface area contributed by atoms with Crippen LogP contribution in [0.4, 0.5) is 0 Å². The van der Waals surface area contributed by atoms with Gasteiger partial charge in [0.2, 0.25) is 11.8 Å². The Hall–Kier alpha value is -5.14. The molecule has 0 radical (unpaired) electrons. The van der Waals surface area contributed by atoms with E-state index >= 15 is 0 Å². The highest BCUT2D eigenvalue weighted by Crippen LogP contribution is 2.27. The molecule has 224 valence electrons. The molecule has 6 N–H and O–H groups in total. The van der Waals surface area contributed by atoms with Crippen molar-refractivity contribution >= 4 is 23.4 Å². The molecule has 2 amide bonds. The second-order valence-corrected chi connectivity index (χ2v) is 10.2. The molecule has 2 aromatic carbocycles. The Labute approximate surface area is 251 Å². The van der Waals surface area contributed by atoms with Gasteiger partial charge in [0.15, 0.2) is 0 Å². The molecule has 10 heteroatoms. The van der Waals surface area contributed by atoms with Crippen molar-refractivity contribution < 1.29 is 24.2 Å². The number of allylic oxidation sites excluding steroid dienone is 4. The van der Waals surface area contributed by atoms with Gasteiger partial charge in [0.25, 0.3) is 0 Å². The van der Waals surface area contributed by atoms with Crippen LogP contribution >= 0.6 is 0 Å². The van der Waals surface area contributed by atoms with E-state index < -0.39 is 24.0 Å². The summed E-state index contributed by atoms with van der Waals surface area (Å²) in [7, 11) is 1.39. The van der Waals surface area contributed by atoms with E-state index in [4.69, 9.17) is 22.6 Å². The quantitative estimate of drug-likeness (QED) is 0.184. The summed E-state index contributed by atoms with van der Waals surface area (Å²) in [5, 5.41) is 9.70. The first-order valence-electron chi connectivity index (χ1n) is 13.6. The zero-order valence-electron chi connectivity index (χ0n) is 25.0. The van der Waals surface area contributed by atoms with Crippen molar-refractivity contribution in [3.63, 3.8) is 0 Å². The molecule has 0 bridgehead atoms. The number of benzene rings is 2. The fourth-order valence-electron chi connectivity index (χ4n) is 4.92. The first-order valence-corrected chi connectivity index (χ1v) is 13.6. The molecule has 0 aliphatic carbocycles. The number of methoxy groups -OCH3 is 1. The fourth-order valence-corrected chi connectivity index (χ4v) is 4.92. The van der Waals surface area contributed by atoms with Crippen molar-refractivity contribution in [1.82, 2.24) is 14.9 Å². The van der Waals surface area contributed by atoms with Crippen molar-refractivity contribution in [3.8, 4) is 18.1 Å². The number of nitrogens with two attached hydrogens (primary N) is 2. The molecular formula is C33H37N5O5. The first kappa shape index (κ1) is 32.4. The number of nitrogens with zero attached hydrogens (tertiary/aromatic N) is 2. The van der Waals surface area contributed by atoms with Gasteiger partial charge in [-0.15, -0.1) is 6.42 Å². The van der Waals surface area contributed by atoms with E-state index in [-0.39, 0.29) is 30.2 Å². The molecule has 2 unspecified atom stereocenters. The van der Waals surface area contributed by atoms with Crippen LogP contribution in [0, 0.1) is 26.2 Å². The number of carbonyl (C=O) groups is 3. The number of aryl methyl sites for hydroxylation is 2. The number of ether oxygens (including phenoxy) is 1. The number of H-pyrrole nitrogens is 1. The van der Waals surface area contributed by atoms with Crippen LogP contribution in [0.15, 0.2) is 54.8 Å². The molecule has 3 rings (SSSR count). The Kier molecular flexibility index (Phi) is 10.7. The van der Waals surface area contributed by atoms with Gasteiger partial charge in [-0.05, 0) is 98.4 Å². The van der Waals surface area contributed by atoms with Crippen LogP contribution in [0.25, 0.3) is 5.57 Å². The summed E-state index contributed by atoms with van der Waals surface area (Å²) in [6.07, 6.45) is 12.5. The minimum absolute atomic E-state index is 0.0246. The third-order valence-corrected chi connectivity index (χ3v) is 7.29. The number of aromatic nitrogens is 2. The number of carbonyl (C=O) groups excluding carboxylic acids is 2. The summed E-state index contributed by atoms with van der Waals surface area (Å²) in [5.41, 5.74) is 16.9. The molecule has 10 nitrogen and oxygen atoms in total. The third-order valence-electron chi connectivity index (χ3n) is 7.29. The molecule has 0 fully saturated rings. The summed E-state index contributed by atoms with van der Waals surface area (Å²) < 4.78 is 5.20. The van der Waals surface area contributed by atoms with Crippen molar-refractivity contribution in [2.75, 3.05) is 7.11 Å². The van der Waals surface area contributed by atoms with Gasteiger partial charge in [-0.2, -0.15) is 0 Å². The average Bonchev–Trinajstić information content (AvgIpc) is 3.47. The number of hydrogen-bond donors (Lipinski definition) is 4. The normalized spacial score (nSPS) is 12.9. The standard InChI is InChI=1S/C33H37N5O5/c1-7-9-10-23(8-2)28-17-36-31(37-28)21(5)38(18-22-11-12-29(43-6)26(15-22)33(41)42)32(40)27(34)16-25-19(3)13-24(30(35)39)14-20(25)4/h1,8-15,17,21,27H,16,18,34H2,2-6H3,(H2,35,39)(H,36,37)(H,41,42)/b10-9-,23-8+. The van der Waals surface area contributed by atoms with E-state index in [1.54, 1.807) is 47.5 Å². The maximum atomic E-state index is 14.0. The summed E-state index contributed by atoms with van der Waals surface area (Å²) in [4.78, 5) is 47.0. The minimum Gasteiger partial charge on any atom is -0.496 e. The van der Waals surface area contributed by atoms with E-state index in [1.165, 1.54) is 13.2 Å². The molecule has 3 aromatic rings. The van der Waals surface area contributed by atoms with Crippen molar-refractivity contribution in [2.24, 2.45) is 11.5 Å². The monoisotopic (exact) mass is 583 g/mol. The zero-order valence-corrected chi connectivity index (χ0v) is 25.0. The van der Waals surface area contributed by atoms with E-state index in [0.29, 0.717) is 22.6 Å². The van der Waals surface area contributed by atoms with Gasteiger partial charge in [0, 0.05) is 12.1 Å². The highest BCUT2D eigenvalue weighted by molar-refractivity contribution is 5.93. The van der Waals surface area contributed by atoms with Crippen molar-refractivity contribution in [2.45, 2.75) is 52.7 Å². The third kappa shape index (κ3) is 7.58. The van der Waals surface area contributed by atoms with Gasteiger partial charge in [0.1, 0.15) is 17.1 Å². The molecule has 1 aromatic heterocycles. The lowest BCUT2D eigenvalue weighted by Crippen LogP contribution is -2.46. The van der Waals surface area contributed by atoms with Gasteiger partial charge >= 0.3 is 5.97 Å². The lowest BCUT2D eigenvalue weighted by atomic mass is 9.93. The number of amides is 2. The molecule has 0 saturated heterocycles. The number of primary amides is 1.